The Morgan fingerprint density at radius 3 is 2.54 bits per heavy atom. The second-order valence-electron chi connectivity index (χ2n) is 6.56. The molecule has 2 aromatic carbocycles. The van der Waals surface area contributed by atoms with Crippen molar-refractivity contribution in [2.24, 2.45) is 5.92 Å². The van der Waals surface area contributed by atoms with Crippen molar-refractivity contribution in [1.29, 1.82) is 0 Å². The van der Waals surface area contributed by atoms with Crippen molar-refractivity contribution < 1.29 is 18.1 Å². The van der Waals surface area contributed by atoms with Gasteiger partial charge in [-0.25, -0.2) is 0 Å². The fraction of sp³-hybridized carbons (Fsp3) is 0.263. The highest BCUT2D eigenvalue weighted by atomic mass is 19.4. The van der Waals surface area contributed by atoms with Crippen molar-refractivity contribution in [3.05, 3.63) is 81.4 Å². The molecule has 2 aromatic rings. The molecule has 0 fully saturated rings. The molecule has 7 heteroatoms. The molecule has 1 N–H and O–H groups in total. The predicted molar refractivity (Wildman–Crippen MR) is 90.9 cm³/mol. The predicted octanol–water partition coefficient (Wildman–Crippen LogP) is 5.44. The average Bonchev–Trinajstić information content (AvgIpc) is 3.09. The molecule has 0 saturated carbocycles. The van der Waals surface area contributed by atoms with Gasteiger partial charge in [-0.1, -0.05) is 42.5 Å². The number of hydrogen-bond acceptors (Lipinski definition) is 3. The summed E-state index contributed by atoms with van der Waals surface area (Å²) in [7, 11) is 0. The SMILES string of the molecule is O=[N+]([O-])c1cccc2c1N[C@H](c1ccccc1C(F)(F)F)[C@H]1CC=C[C@H]21. The Morgan fingerprint density at radius 1 is 1.08 bits per heavy atom. The van der Waals surface area contributed by atoms with Gasteiger partial charge >= 0.3 is 6.18 Å². The van der Waals surface area contributed by atoms with Gasteiger partial charge < -0.3 is 5.32 Å². The molecule has 4 rings (SSSR count). The summed E-state index contributed by atoms with van der Waals surface area (Å²) in [4.78, 5) is 10.9. The Kier molecular flexibility index (Phi) is 3.75. The second-order valence-corrected chi connectivity index (χ2v) is 6.56. The summed E-state index contributed by atoms with van der Waals surface area (Å²) in [5, 5.41) is 14.5. The van der Waals surface area contributed by atoms with Crippen molar-refractivity contribution in [3.8, 4) is 0 Å². The number of nitrogens with zero attached hydrogens (tertiary/aromatic N) is 1. The number of para-hydroxylation sites is 1. The summed E-state index contributed by atoms with van der Waals surface area (Å²) >= 11 is 0. The van der Waals surface area contributed by atoms with Gasteiger partial charge in [-0.15, -0.1) is 0 Å². The topological polar surface area (TPSA) is 55.2 Å². The molecule has 1 aliphatic carbocycles. The molecule has 134 valence electrons. The van der Waals surface area contributed by atoms with E-state index in [2.05, 4.69) is 5.32 Å². The number of allylic oxidation sites excluding steroid dienone is 2. The number of nitro benzene ring substituents is 1. The van der Waals surface area contributed by atoms with Crippen molar-refractivity contribution >= 4 is 11.4 Å². The van der Waals surface area contributed by atoms with E-state index in [-0.39, 0.29) is 23.1 Å². The van der Waals surface area contributed by atoms with Crippen LogP contribution in [0.5, 0.6) is 0 Å². The highest BCUT2D eigenvalue weighted by Gasteiger charge is 2.43. The number of anilines is 1. The highest BCUT2D eigenvalue weighted by Crippen LogP contribution is 2.53. The molecule has 0 saturated heterocycles. The van der Waals surface area contributed by atoms with Crippen LogP contribution in [0.2, 0.25) is 0 Å². The van der Waals surface area contributed by atoms with Gasteiger partial charge in [-0.2, -0.15) is 13.2 Å². The zero-order valence-corrected chi connectivity index (χ0v) is 13.5. The standard InChI is InChI=1S/C19H15F3N2O2/c20-19(21,22)15-9-2-1-5-14(15)17-12-7-3-6-11(12)13-8-4-10-16(24(25)26)18(13)23-17/h1-6,8-12,17,23H,7H2/t11-,12-,17-/m0/s1. The van der Waals surface area contributed by atoms with E-state index in [1.54, 1.807) is 18.2 Å². The number of alkyl halides is 3. The summed E-state index contributed by atoms with van der Waals surface area (Å²) in [6, 6.07) is 9.58. The lowest BCUT2D eigenvalue weighted by atomic mass is 9.76. The minimum absolute atomic E-state index is 0.115. The lowest BCUT2D eigenvalue weighted by Crippen LogP contribution is -2.31. The molecule has 0 bridgehead atoms. The smallest absolute Gasteiger partial charge is 0.372 e. The van der Waals surface area contributed by atoms with Gasteiger partial charge in [0.05, 0.1) is 16.5 Å². The number of benzene rings is 2. The summed E-state index contributed by atoms with van der Waals surface area (Å²) in [6.45, 7) is 0. The molecule has 0 radical (unpaired) electrons. The van der Waals surface area contributed by atoms with E-state index in [0.717, 1.165) is 11.6 Å². The van der Waals surface area contributed by atoms with Gasteiger partial charge in [0, 0.05) is 12.0 Å². The quantitative estimate of drug-likeness (QED) is 0.441. The molecule has 0 unspecified atom stereocenters. The first-order chi connectivity index (χ1) is 12.4. The molecular formula is C19H15F3N2O2. The molecule has 4 nitrogen and oxygen atoms in total. The largest absolute Gasteiger partial charge is 0.416 e. The van der Waals surface area contributed by atoms with E-state index in [0.29, 0.717) is 12.1 Å². The lowest BCUT2D eigenvalue weighted by Gasteiger charge is -2.38. The van der Waals surface area contributed by atoms with Crippen LogP contribution in [-0.2, 0) is 6.18 Å². The van der Waals surface area contributed by atoms with Gasteiger partial charge in [0.1, 0.15) is 5.69 Å². The van der Waals surface area contributed by atoms with Crippen LogP contribution in [-0.4, -0.2) is 4.92 Å². The van der Waals surface area contributed by atoms with Crippen molar-refractivity contribution in [2.45, 2.75) is 24.6 Å². The van der Waals surface area contributed by atoms with Gasteiger partial charge in [0.25, 0.3) is 5.69 Å². The first kappa shape index (κ1) is 16.6. The lowest BCUT2D eigenvalue weighted by molar-refractivity contribution is -0.384. The molecule has 0 spiro atoms. The van der Waals surface area contributed by atoms with Gasteiger partial charge in [-0.05, 0) is 29.5 Å². The Hall–Kier alpha value is -2.83. The summed E-state index contributed by atoms with van der Waals surface area (Å²) in [5.41, 5.74) is 0.384. The van der Waals surface area contributed by atoms with E-state index in [9.17, 15) is 23.3 Å². The van der Waals surface area contributed by atoms with Crippen molar-refractivity contribution in [2.75, 3.05) is 5.32 Å². The zero-order valence-electron chi connectivity index (χ0n) is 13.5. The molecule has 26 heavy (non-hydrogen) atoms. The Bertz CT molecular complexity index is 908. The fourth-order valence-electron chi connectivity index (χ4n) is 4.09. The third-order valence-corrected chi connectivity index (χ3v) is 5.17. The van der Waals surface area contributed by atoms with Crippen LogP contribution in [0.4, 0.5) is 24.5 Å². The van der Waals surface area contributed by atoms with E-state index in [4.69, 9.17) is 0 Å². The Balaban J connectivity index is 1.88. The first-order valence-corrected chi connectivity index (χ1v) is 8.24. The van der Waals surface area contributed by atoms with E-state index >= 15 is 0 Å². The number of fused-ring (bicyclic) bond motifs is 3. The number of halogens is 3. The number of nitrogens with one attached hydrogen (secondary N) is 1. The van der Waals surface area contributed by atoms with Gasteiger partial charge in [-0.3, -0.25) is 10.1 Å². The molecule has 0 aromatic heterocycles. The van der Waals surface area contributed by atoms with Crippen LogP contribution in [0.3, 0.4) is 0 Å². The average molecular weight is 360 g/mol. The highest BCUT2D eigenvalue weighted by molar-refractivity contribution is 5.71. The minimum atomic E-state index is -4.48. The maximum absolute atomic E-state index is 13.5. The summed E-state index contributed by atoms with van der Waals surface area (Å²) in [5.74, 6) is -0.259. The third-order valence-electron chi connectivity index (χ3n) is 5.17. The number of rotatable bonds is 2. The van der Waals surface area contributed by atoms with Crippen molar-refractivity contribution in [1.82, 2.24) is 0 Å². The Labute approximate surface area is 147 Å². The molecule has 1 heterocycles. The maximum Gasteiger partial charge on any atom is 0.416 e. The molecular weight excluding hydrogens is 345 g/mol. The monoisotopic (exact) mass is 360 g/mol. The third kappa shape index (κ3) is 2.55. The number of hydrogen-bond donors (Lipinski definition) is 1. The first-order valence-electron chi connectivity index (χ1n) is 8.24. The second kappa shape index (κ2) is 5.86. The minimum Gasteiger partial charge on any atom is -0.372 e. The van der Waals surface area contributed by atoms with Crippen LogP contribution < -0.4 is 5.32 Å². The van der Waals surface area contributed by atoms with Crippen LogP contribution >= 0.6 is 0 Å². The normalized spacial score (nSPS) is 23.9. The maximum atomic E-state index is 13.5. The number of nitro groups is 1. The summed E-state index contributed by atoms with van der Waals surface area (Å²) < 4.78 is 40.5. The molecule has 2 aliphatic rings. The molecule has 0 amide bonds. The van der Waals surface area contributed by atoms with Crippen molar-refractivity contribution in [3.63, 3.8) is 0 Å². The van der Waals surface area contributed by atoms with Gasteiger partial charge in [0.15, 0.2) is 0 Å². The Morgan fingerprint density at radius 2 is 1.81 bits per heavy atom. The fourth-order valence-corrected chi connectivity index (χ4v) is 4.09. The van der Waals surface area contributed by atoms with E-state index in [1.165, 1.54) is 18.2 Å². The summed E-state index contributed by atoms with van der Waals surface area (Å²) in [6.07, 6.45) is 0.0186. The zero-order chi connectivity index (χ0) is 18.5. The van der Waals surface area contributed by atoms with Crippen LogP contribution in [0.1, 0.15) is 35.1 Å². The van der Waals surface area contributed by atoms with Crippen LogP contribution in [0, 0.1) is 16.0 Å². The molecule has 3 atom stereocenters. The van der Waals surface area contributed by atoms with Crippen LogP contribution in [0.25, 0.3) is 0 Å². The van der Waals surface area contributed by atoms with Gasteiger partial charge in [0.2, 0.25) is 0 Å². The van der Waals surface area contributed by atoms with E-state index in [1.807, 2.05) is 12.2 Å². The van der Waals surface area contributed by atoms with E-state index < -0.39 is 22.7 Å². The van der Waals surface area contributed by atoms with Crippen LogP contribution in [0.15, 0.2) is 54.6 Å². The molecule has 1 aliphatic heterocycles.